The van der Waals surface area contributed by atoms with Gasteiger partial charge in [-0.1, -0.05) is 19.8 Å². The van der Waals surface area contributed by atoms with Gasteiger partial charge in [-0.25, -0.2) is 13.9 Å². The van der Waals surface area contributed by atoms with E-state index >= 15 is 0 Å². The molecule has 4 aliphatic rings. The summed E-state index contributed by atoms with van der Waals surface area (Å²) in [6, 6.07) is -0.520. The normalized spacial score (nSPS) is 28.8. The molecule has 1 unspecified atom stereocenters. The Bertz CT molecular complexity index is 1320. The maximum Gasteiger partial charge on any atom is 0.393 e. The van der Waals surface area contributed by atoms with E-state index in [1.165, 1.54) is 4.52 Å². The number of piperidine rings is 1. The molecular formula is C28H37F4N7O3. The number of ether oxygens (including phenoxy) is 1. The van der Waals surface area contributed by atoms with Crippen molar-refractivity contribution in [3.8, 4) is 0 Å². The minimum absolute atomic E-state index is 0.0212. The number of halogens is 4. The number of amides is 2. The Morgan fingerprint density at radius 2 is 1.90 bits per heavy atom. The molecule has 42 heavy (non-hydrogen) atoms. The van der Waals surface area contributed by atoms with Crippen molar-refractivity contribution in [2.24, 2.45) is 23.7 Å². The molecule has 14 heteroatoms. The van der Waals surface area contributed by atoms with Crippen LogP contribution >= 0.6 is 0 Å². The molecular weight excluding hydrogens is 558 g/mol. The molecule has 0 spiro atoms. The van der Waals surface area contributed by atoms with Gasteiger partial charge in [-0.05, 0) is 43.9 Å². The number of fused-ring (bicyclic) bond motifs is 1. The summed E-state index contributed by atoms with van der Waals surface area (Å²) in [5.74, 6) is -2.25. The summed E-state index contributed by atoms with van der Waals surface area (Å²) in [5, 5.41) is 10.1. The highest BCUT2D eigenvalue weighted by molar-refractivity contribution is 5.88. The highest BCUT2D eigenvalue weighted by atomic mass is 19.4. The first kappa shape index (κ1) is 29.1. The van der Waals surface area contributed by atoms with Crippen LogP contribution in [0.1, 0.15) is 69.3 Å². The van der Waals surface area contributed by atoms with Gasteiger partial charge < -0.3 is 20.3 Å². The van der Waals surface area contributed by atoms with Crippen molar-refractivity contribution >= 4 is 23.4 Å². The summed E-state index contributed by atoms with van der Waals surface area (Å²) in [7, 11) is 0. The fourth-order valence-electron chi connectivity index (χ4n) is 6.39. The van der Waals surface area contributed by atoms with Crippen LogP contribution in [-0.4, -0.2) is 76.1 Å². The van der Waals surface area contributed by atoms with Gasteiger partial charge in [0.05, 0.1) is 37.1 Å². The number of carbonyl (C=O) groups is 2. The second kappa shape index (κ2) is 11.2. The summed E-state index contributed by atoms with van der Waals surface area (Å²) in [4.78, 5) is 36.9. The highest BCUT2D eigenvalue weighted by Crippen LogP contribution is 2.42. The van der Waals surface area contributed by atoms with Crippen molar-refractivity contribution in [1.82, 2.24) is 30.2 Å². The van der Waals surface area contributed by atoms with Crippen LogP contribution in [0.5, 0.6) is 0 Å². The van der Waals surface area contributed by atoms with Gasteiger partial charge in [0.1, 0.15) is 5.69 Å². The van der Waals surface area contributed by atoms with Crippen molar-refractivity contribution < 1.29 is 31.9 Å². The molecule has 2 saturated carbocycles. The molecule has 2 aromatic heterocycles. The Hall–Kier alpha value is -3.03. The first-order valence-electron chi connectivity index (χ1n) is 14.9. The van der Waals surface area contributed by atoms with Gasteiger partial charge in [0.25, 0.3) is 11.7 Å². The molecule has 10 nitrogen and oxygen atoms in total. The number of hydrogen-bond donors (Lipinski definition) is 2. The highest BCUT2D eigenvalue weighted by Gasteiger charge is 2.52. The Labute approximate surface area is 241 Å². The summed E-state index contributed by atoms with van der Waals surface area (Å²) in [6.45, 7) is 3.67. The molecule has 2 saturated heterocycles. The number of imidazole rings is 1. The Kier molecular flexibility index (Phi) is 7.77. The van der Waals surface area contributed by atoms with Gasteiger partial charge in [0, 0.05) is 32.0 Å². The fraction of sp³-hybridized carbons (Fsp3) is 0.750. The maximum atomic E-state index is 14.7. The summed E-state index contributed by atoms with van der Waals surface area (Å²) in [6.07, 6.45) is 1.03. The van der Waals surface area contributed by atoms with Crippen LogP contribution in [0.25, 0.3) is 5.78 Å². The predicted octanol–water partition coefficient (Wildman–Crippen LogP) is 3.30. The number of aromatic nitrogens is 4. The van der Waals surface area contributed by atoms with Crippen LogP contribution < -0.4 is 15.5 Å². The number of hydrogen-bond acceptors (Lipinski definition) is 7. The van der Waals surface area contributed by atoms with E-state index in [2.05, 4.69) is 17.6 Å². The molecule has 2 aliphatic carbocycles. The van der Waals surface area contributed by atoms with E-state index in [4.69, 9.17) is 19.8 Å². The molecule has 230 valence electrons. The van der Waals surface area contributed by atoms with E-state index in [-0.39, 0.29) is 37.4 Å². The van der Waals surface area contributed by atoms with Crippen LogP contribution in [0.15, 0.2) is 6.20 Å². The third-order valence-electron chi connectivity index (χ3n) is 9.29. The lowest BCUT2D eigenvalue weighted by molar-refractivity contribution is -0.183. The first-order chi connectivity index (χ1) is 20.0. The number of anilines is 1. The van der Waals surface area contributed by atoms with Crippen molar-refractivity contribution in [3.05, 3.63) is 17.6 Å². The average molecular weight is 596 g/mol. The van der Waals surface area contributed by atoms with Crippen LogP contribution in [0.2, 0.25) is 0 Å². The maximum absolute atomic E-state index is 14.7. The molecule has 2 aromatic rings. The van der Waals surface area contributed by atoms with Gasteiger partial charge in [-0.15, -0.1) is 0 Å². The predicted molar refractivity (Wildman–Crippen MR) is 143 cm³/mol. The molecule has 0 radical (unpaired) electrons. The molecule has 2 N–H and O–H groups in total. The zero-order valence-electron chi connectivity index (χ0n) is 23.6. The second-order valence-corrected chi connectivity index (χ2v) is 12.4. The lowest BCUT2D eigenvalue weighted by Crippen LogP contribution is -2.47. The molecule has 4 heterocycles. The van der Waals surface area contributed by atoms with Crippen LogP contribution in [0.4, 0.5) is 23.4 Å². The topological polar surface area (TPSA) is 114 Å². The third-order valence-corrected chi connectivity index (χ3v) is 9.29. The minimum Gasteiger partial charge on any atom is -0.378 e. The van der Waals surface area contributed by atoms with E-state index in [0.29, 0.717) is 49.4 Å². The monoisotopic (exact) mass is 595 g/mol. The molecule has 0 bridgehead atoms. The zero-order valence-corrected chi connectivity index (χ0v) is 23.6. The average Bonchev–Trinajstić information content (AvgIpc) is 3.59. The lowest BCUT2D eigenvalue weighted by Gasteiger charge is -2.32. The number of nitrogens with one attached hydrogen (secondary N) is 2. The van der Waals surface area contributed by atoms with Gasteiger partial charge in [0.2, 0.25) is 5.91 Å². The summed E-state index contributed by atoms with van der Waals surface area (Å²) in [5.41, 5.74) is -0.921. The van der Waals surface area contributed by atoms with Gasteiger partial charge in [-0.2, -0.15) is 23.3 Å². The Morgan fingerprint density at radius 1 is 1.19 bits per heavy atom. The Balaban J connectivity index is 1.34. The third kappa shape index (κ3) is 6.04. The number of alkyl halides is 4. The second-order valence-electron chi connectivity index (χ2n) is 12.4. The number of carbonyl (C=O) groups excluding carboxylic acids is 2. The Morgan fingerprint density at radius 3 is 2.57 bits per heavy atom. The van der Waals surface area contributed by atoms with Gasteiger partial charge in [-0.3, -0.25) is 9.59 Å². The van der Waals surface area contributed by atoms with Crippen molar-refractivity contribution in [2.45, 2.75) is 76.2 Å². The van der Waals surface area contributed by atoms with Crippen LogP contribution in [0, 0.1) is 23.7 Å². The summed E-state index contributed by atoms with van der Waals surface area (Å²) < 4.78 is 62.2. The lowest BCUT2D eigenvalue weighted by atomic mass is 9.78. The van der Waals surface area contributed by atoms with Crippen molar-refractivity contribution in [1.29, 1.82) is 0 Å². The first-order valence-corrected chi connectivity index (χ1v) is 14.9. The molecule has 2 amide bonds. The molecule has 0 aromatic carbocycles. The van der Waals surface area contributed by atoms with E-state index in [1.54, 1.807) is 6.20 Å². The van der Waals surface area contributed by atoms with Gasteiger partial charge >= 0.3 is 6.18 Å². The summed E-state index contributed by atoms with van der Waals surface area (Å²) >= 11 is 0. The van der Waals surface area contributed by atoms with E-state index in [1.807, 2.05) is 4.90 Å². The van der Waals surface area contributed by atoms with Gasteiger partial charge in [0.15, 0.2) is 11.5 Å². The standard InChI is InChI=1S/C28H37F4N7O3/c1-16-2-4-17(5-3-16)22(35-25(41)27(29)6-7-27)21-15-39-26(34-21)36-23(38-8-10-42-11-9-38)20(37-39)13-18-12-19(28(30,31)32)14-33-24(18)40/h15-19,22H,2-14H2,1H3,(H,33,40)(H,35,41)/t16?,17?,18?,19-,22+/m1/s1. The molecule has 6 rings (SSSR count). The molecule has 2 aliphatic heterocycles. The minimum atomic E-state index is -4.41. The SMILES string of the molecule is CC1CCC([C@H](NC(=O)C2(F)CC2)c2cn3nc(CC4C[C@@H](C(F)(F)F)CNC4=O)c(N4CCOCC4)nc3n2)CC1. The fourth-order valence-corrected chi connectivity index (χ4v) is 6.39. The van der Waals surface area contributed by atoms with Crippen molar-refractivity contribution in [2.75, 3.05) is 37.7 Å². The molecule has 3 atom stereocenters. The number of rotatable bonds is 7. The number of morpholine rings is 1. The largest absolute Gasteiger partial charge is 0.393 e. The van der Waals surface area contributed by atoms with Crippen LogP contribution in [-0.2, 0) is 20.7 Å². The smallest absolute Gasteiger partial charge is 0.378 e. The van der Waals surface area contributed by atoms with E-state index < -0.39 is 48.1 Å². The molecule has 4 fully saturated rings. The van der Waals surface area contributed by atoms with Crippen LogP contribution in [0.3, 0.4) is 0 Å². The van der Waals surface area contributed by atoms with E-state index in [0.717, 1.165) is 25.7 Å². The quantitative estimate of drug-likeness (QED) is 0.473. The zero-order chi connectivity index (χ0) is 29.6. The van der Waals surface area contributed by atoms with Crippen molar-refractivity contribution in [3.63, 3.8) is 0 Å². The number of nitrogens with zero attached hydrogens (tertiary/aromatic N) is 5. The van der Waals surface area contributed by atoms with E-state index in [9.17, 15) is 27.2 Å².